The lowest BCUT2D eigenvalue weighted by atomic mass is 10.1. The molecule has 0 saturated heterocycles. The maximum atomic E-state index is 12.9. The molecule has 0 radical (unpaired) electrons. The van der Waals surface area contributed by atoms with Gasteiger partial charge in [-0.15, -0.1) is 0 Å². The van der Waals surface area contributed by atoms with Gasteiger partial charge in [0.25, 0.3) is 0 Å². The zero-order valence-electron chi connectivity index (χ0n) is 14.2. The van der Waals surface area contributed by atoms with Gasteiger partial charge in [0.1, 0.15) is 11.7 Å². The maximum absolute atomic E-state index is 12.9. The van der Waals surface area contributed by atoms with E-state index in [4.69, 9.17) is 9.15 Å². The maximum Gasteiger partial charge on any atom is 0.235 e. The van der Waals surface area contributed by atoms with Gasteiger partial charge in [-0.25, -0.2) is 0 Å². The molecule has 5 heteroatoms. The number of aryl methyl sites for hydroxylation is 2. The van der Waals surface area contributed by atoms with Gasteiger partial charge in [0, 0.05) is 5.56 Å². The van der Waals surface area contributed by atoms with Crippen LogP contribution in [0.25, 0.3) is 22.3 Å². The zero-order valence-corrected chi connectivity index (χ0v) is 14.2. The van der Waals surface area contributed by atoms with Crippen LogP contribution in [0, 0.1) is 13.8 Å². The number of hydrogen-bond acceptors (Lipinski definition) is 5. The molecular weight excluding hydrogens is 320 g/mol. The fraction of sp³-hybridized carbons (Fsp3) is 0.200. The summed E-state index contributed by atoms with van der Waals surface area (Å²) in [5, 5.41) is 11.4. The van der Waals surface area contributed by atoms with Crippen LogP contribution in [0.3, 0.4) is 0 Å². The highest BCUT2D eigenvalue weighted by Crippen LogP contribution is 2.31. The van der Waals surface area contributed by atoms with Crippen molar-refractivity contribution in [3.05, 3.63) is 63.8 Å². The van der Waals surface area contributed by atoms with Gasteiger partial charge in [0.15, 0.2) is 5.76 Å². The summed E-state index contributed by atoms with van der Waals surface area (Å²) < 4.78 is 11.3. The Morgan fingerprint density at radius 3 is 2.36 bits per heavy atom. The molecule has 2 aromatic carbocycles. The molecule has 0 aliphatic rings. The number of carbonyl (C=O) groups excluding carboxylic acids is 1. The number of ether oxygens (including phenoxy) is 1. The van der Waals surface area contributed by atoms with E-state index in [2.05, 4.69) is 0 Å². The van der Waals surface area contributed by atoms with Crippen LogP contribution >= 0.6 is 0 Å². The Labute approximate surface area is 144 Å². The summed E-state index contributed by atoms with van der Waals surface area (Å²) in [7, 11) is 0. The van der Waals surface area contributed by atoms with Crippen molar-refractivity contribution < 1.29 is 19.1 Å². The second kappa shape index (κ2) is 6.43. The van der Waals surface area contributed by atoms with Gasteiger partial charge in [-0.3, -0.25) is 4.79 Å². The number of rotatable bonds is 4. The van der Waals surface area contributed by atoms with Gasteiger partial charge < -0.3 is 19.1 Å². The lowest BCUT2D eigenvalue weighted by Gasteiger charge is -2.17. The number of carboxylic acids is 1. The van der Waals surface area contributed by atoms with Crippen molar-refractivity contribution in [2.45, 2.75) is 26.9 Å². The molecular formula is C20H17O5-. The third-order valence-electron chi connectivity index (χ3n) is 3.95. The Balaban J connectivity index is 2.29. The highest BCUT2D eigenvalue weighted by atomic mass is 16.5. The minimum atomic E-state index is -1.40. The Kier molecular flexibility index (Phi) is 4.31. The standard InChI is InChI=1S/C20H18O5/c1-11-4-7-14(8-5-11)18-19(24-13(3)20(22)23)17(21)15-9-6-12(2)10-16(15)25-18/h4-10,13H,1-3H3,(H,22,23)/p-1. The largest absolute Gasteiger partial charge is 0.546 e. The molecule has 25 heavy (non-hydrogen) atoms. The van der Waals surface area contributed by atoms with Crippen LogP contribution in [0.15, 0.2) is 51.7 Å². The average molecular weight is 337 g/mol. The summed E-state index contributed by atoms with van der Waals surface area (Å²) in [6.07, 6.45) is -1.28. The van der Waals surface area contributed by atoms with Crippen LogP contribution in [-0.4, -0.2) is 12.1 Å². The molecule has 0 aliphatic carbocycles. The van der Waals surface area contributed by atoms with Gasteiger partial charge in [-0.1, -0.05) is 35.9 Å². The lowest BCUT2D eigenvalue weighted by molar-refractivity contribution is -0.312. The molecule has 0 N–H and O–H groups in total. The van der Waals surface area contributed by atoms with E-state index in [1.165, 1.54) is 6.92 Å². The Morgan fingerprint density at radius 1 is 1.08 bits per heavy atom. The van der Waals surface area contributed by atoms with Gasteiger partial charge in [-0.2, -0.15) is 0 Å². The molecule has 0 bridgehead atoms. The Morgan fingerprint density at radius 2 is 1.72 bits per heavy atom. The fourth-order valence-corrected chi connectivity index (χ4v) is 2.51. The van der Waals surface area contributed by atoms with Crippen molar-refractivity contribution in [2.75, 3.05) is 0 Å². The number of benzene rings is 2. The normalized spacial score (nSPS) is 12.1. The van der Waals surface area contributed by atoms with Gasteiger partial charge in [0.2, 0.25) is 11.2 Å². The topological polar surface area (TPSA) is 79.6 Å². The molecule has 1 atom stereocenters. The van der Waals surface area contributed by atoms with Crippen LogP contribution in [-0.2, 0) is 4.79 Å². The molecule has 1 unspecified atom stereocenters. The molecule has 3 rings (SSSR count). The molecule has 5 nitrogen and oxygen atoms in total. The first-order valence-corrected chi connectivity index (χ1v) is 7.89. The minimum Gasteiger partial charge on any atom is -0.546 e. The van der Waals surface area contributed by atoms with Crippen LogP contribution in [0.1, 0.15) is 18.1 Å². The van der Waals surface area contributed by atoms with E-state index in [1.54, 1.807) is 30.3 Å². The number of carboxylic acid groups (broad SMARTS) is 1. The summed E-state index contributed by atoms with van der Waals surface area (Å²) in [5.41, 5.74) is 2.64. The zero-order chi connectivity index (χ0) is 18.1. The van der Waals surface area contributed by atoms with E-state index >= 15 is 0 Å². The van der Waals surface area contributed by atoms with E-state index in [9.17, 15) is 14.7 Å². The van der Waals surface area contributed by atoms with E-state index in [1.807, 2.05) is 26.0 Å². The first kappa shape index (κ1) is 16.8. The summed E-state index contributed by atoms with van der Waals surface area (Å²) in [4.78, 5) is 23.9. The van der Waals surface area contributed by atoms with Gasteiger partial charge >= 0.3 is 0 Å². The monoisotopic (exact) mass is 337 g/mol. The highest BCUT2D eigenvalue weighted by molar-refractivity contribution is 5.83. The first-order valence-electron chi connectivity index (χ1n) is 7.89. The predicted molar refractivity (Wildman–Crippen MR) is 92.5 cm³/mol. The highest BCUT2D eigenvalue weighted by Gasteiger charge is 2.20. The molecule has 1 aromatic heterocycles. The summed E-state index contributed by atoms with van der Waals surface area (Å²) in [6.45, 7) is 5.15. The van der Waals surface area contributed by atoms with Gasteiger partial charge in [-0.05, 0) is 38.5 Å². The third kappa shape index (κ3) is 3.26. The molecule has 3 aromatic rings. The molecule has 1 heterocycles. The van der Waals surface area contributed by atoms with Crippen molar-refractivity contribution in [3.63, 3.8) is 0 Å². The van der Waals surface area contributed by atoms with Crippen molar-refractivity contribution in [1.29, 1.82) is 0 Å². The quantitative estimate of drug-likeness (QED) is 0.731. The van der Waals surface area contributed by atoms with Crippen LogP contribution < -0.4 is 15.3 Å². The van der Waals surface area contributed by atoms with E-state index in [0.717, 1.165) is 11.1 Å². The van der Waals surface area contributed by atoms with E-state index in [0.29, 0.717) is 16.5 Å². The van der Waals surface area contributed by atoms with Crippen molar-refractivity contribution >= 4 is 16.9 Å². The lowest BCUT2D eigenvalue weighted by Crippen LogP contribution is -2.38. The second-order valence-corrected chi connectivity index (χ2v) is 6.03. The number of hydrogen-bond donors (Lipinski definition) is 0. The number of fused-ring (bicyclic) bond motifs is 1. The SMILES string of the molecule is Cc1ccc(-c2oc3cc(C)ccc3c(=O)c2OC(C)C(=O)[O-])cc1. The van der Waals surface area contributed by atoms with E-state index < -0.39 is 17.5 Å². The Bertz CT molecular complexity index is 999. The summed E-state index contributed by atoms with van der Waals surface area (Å²) >= 11 is 0. The molecule has 0 saturated carbocycles. The first-order chi connectivity index (χ1) is 11.9. The van der Waals surface area contributed by atoms with Crippen molar-refractivity contribution in [3.8, 4) is 17.1 Å². The number of aliphatic carboxylic acids is 1. The fourth-order valence-electron chi connectivity index (χ4n) is 2.51. The summed E-state index contributed by atoms with van der Waals surface area (Å²) in [6, 6.07) is 12.5. The molecule has 128 valence electrons. The smallest absolute Gasteiger partial charge is 0.235 e. The van der Waals surface area contributed by atoms with Crippen LogP contribution in [0.4, 0.5) is 0 Å². The van der Waals surface area contributed by atoms with Crippen LogP contribution in [0.2, 0.25) is 0 Å². The molecule has 0 fully saturated rings. The minimum absolute atomic E-state index is 0.128. The average Bonchev–Trinajstić information content (AvgIpc) is 2.57. The van der Waals surface area contributed by atoms with Crippen LogP contribution in [0.5, 0.6) is 5.75 Å². The van der Waals surface area contributed by atoms with Crippen molar-refractivity contribution in [2.24, 2.45) is 0 Å². The molecule has 0 aliphatic heterocycles. The molecule has 0 amide bonds. The van der Waals surface area contributed by atoms with Crippen molar-refractivity contribution in [1.82, 2.24) is 0 Å². The van der Waals surface area contributed by atoms with Gasteiger partial charge in [0.05, 0.1) is 11.4 Å². The Hall–Kier alpha value is -3.08. The third-order valence-corrected chi connectivity index (χ3v) is 3.95. The van der Waals surface area contributed by atoms with E-state index in [-0.39, 0.29) is 11.5 Å². The second-order valence-electron chi connectivity index (χ2n) is 6.03. The number of carbonyl (C=O) groups is 1. The summed E-state index contributed by atoms with van der Waals surface area (Å²) in [5.74, 6) is -1.33. The molecule has 0 spiro atoms. The predicted octanol–water partition coefficient (Wildman–Crippen LogP) is 2.59.